The average Bonchev–Trinajstić information content (AvgIpc) is 3.05. The quantitative estimate of drug-likeness (QED) is 0.801. The van der Waals surface area contributed by atoms with Gasteiger partial charge in [-0.25, -0.2) is 17.2 Å². The van der Waals surface area contributed by atoms with Gasteiger partial charge in [-0.2, -0.15) is 0 Å². The van der Waals surface area contributed by atoms with Crippen LogP contribution in [-0.4, -0.2) is 39.1 Å². The van der Waals surface area contributed by atoms with E-state index in [4.69, 9.17) is 0 Å². The maximum absolute atomic E-state index is 13.5. The Morgan fingerprint density at radius 1 is 1.15 bits per heavy atom. The topological polar surface area (TPSA) is 57.7 Å². The van der Waals surface area contributed by atoms with Gasteiger partial charge in [0, 0.05) is 19.2 Å². The van der Waals surface area contributed by atoms with Crippen LogP contribution in [0.5, 0.6) is 0 Å². The molecule has 0 fully saturated rings. The Labute approximate surface area is 157 Å². The lowest BCUT2D eigenvalue weighted by atomic mass is 10.0. The second-order valence-corrected chi connectivity index (χ2v) is 8.60. The number of nitrogens with zero attached hydrogens (tertiary/aromatic N) is 2. The molecule has 0 radical (unpaired) electrons. The van der Waals surface area contributed by atoms with Crippen molar-refractivity contribution < 1.29 is 22.0 Å². The van der Waals surface area contributed by atoms with Crippen molar-refractivity contribution in [3.63, 3.8) is 0 Å². The fourth-order valence-corrected chi connectivity index (χ4v) is 4.18. The lowest BCUT2D eigenvalue weighted by Gasteiger charge is -2.26. The van der Waals surface area contributed by atoms with Crippen molar-refractivity contribution in [2.75, 3.05) is 24.2 Å². The third kappa shape index (κ3) is 3.66. The highest BCUT2D eigenvalue weighted by Crippen LogP contribution is 2.31. The summed E-state index contributed by atoms with van der Waals surface area (Å²) in [6, 6.07) is 8.00. The van der Waals surface area contributed by atoms with Crippen molar-refractivity contribution >= 4 is 21.6 Å². The standard InChI is InChI=1S/C19H20F2N2O3S/c1-12(13-4-6-16(20)17(21)11-13)22(2)19(24)15-5-7-18-14(10-15)8-9-23(18)27(3,25)26/h4-7,10-12H,8-9H2,1-3H3. The largest absolute Gasteiger partial charge is 0.335 e. The molecule has 0 aliphatic carbocycles. The molecule has 1 atom stereocenters. The Morgan fingerprint density at radius 3 is 2.48 bits per heavy atom. The molecule has 1 amide bonds. The summed E-state index contributed by atoms with van der Waals surface area (Å²) in [5, 5.41) is 0. The van der Waals surface area contributed by atoms with E-state index < -0.39 is 27.7 Å². The molecule has 3 rings (SSSR count). The predicted molar refractivity (Wildman–Crippen MR) is 99.2 cm³/mol. The number of anilines is 1. The van der Waals surface area contributed by atoms with E-state index in [0.717, 1.165) is 24.0 Å². The third-order valence-electron chi connectivity index (χ3n) is 4.91. The summed E-state index contributed by atoms with van der Waals surface area (Å²) in [7, 11) is -1.76. The second-order valence-electron chi connectivity index (χ2n) is 6.69. The minimum absolute atomic E-state index is 0.284. The van der Waals surface area contributed by atoms with Crippen LogP contribution < -0.4 is 4.31 Å². The first-order valence-electron chi connectivity index (χ1n) is 8.42. The Morgan fingerprint density at radius 2 is 1.85 bits per heavy atom. The number of fused-ring (bicyclic) bond motifs is 1. The molecule has 27 heavy (non-hydrogen) atoms. The van der Waals surface area contributed by atoms with E-state index in [2.05, 4.69) is 0 Å². The fraction of sp³-hybridized carbons (Fsp3) is 0.316. The molecule has 1 aliphatic rings. The molecule has 8 heteroatoms. The molecule has 2 aromatic carbocycles. The lowest BCUT2D eigenvalue weighted by Crippen LogP contribution is -2.30. The van der Waals surface area contributed by atoms with Crippen molar-refractivity contribution in [2.24, 2.45) is 0 Å². The molecule has 5 nitrogen and oxygen atoms in total. The molecule has 0 bridgehead atoms. The van der Waals surface area contributed by atoms with Crippen LogP contribution in [0.4, 0.5) is 14.5 Å². The van der Waals surface area contributed by atoms with E-state index in [-0.39, 0.29) is 5.91 Å². The molecule has 1 heterocycles. The van der Waals surface area contributed by atoms with Crippen LogP contribution in [0.25, 0.3) is 0 Å². The van der Waals surface area contributed by atoms with Gasteiger partial charge >= 0.3 is 0 Å². The van der Waals surface area contributed by atoms with Gasteiger partial charge in [0.2, 0.25) is 10.0 Å². The monoisotopic (exact) mass is 394 g/mol. The van der Waals surface area contributed by atoms with Crippen LogP contribution in [0.1, 0.15) is 34.5 Å². The number of sulfonamides is 1. The Hall–Kier alpha value is -2.48. The average molecular weight is 394 g/mol. The molecule has 1 unspecified atom stereocenters. The van der Waals surface area contributed by atoms with Crippen LogP contribution in [0.2, 0.25) is 0 Å². The lowest BCUT2D eigenvalue weighted by molar-refractivity contribution is 0.0742. The van der Waals surface area contributed by atoms with E-state index >= 15 is 0 Å². The number of benzene rings is 2. The van der Waals surface area contributed by atoms with Gasteiger partial charge in [-0.1, -0.05) is 6.07 Å². The third-order valence-corrected chi connectivity index (χ3v) is 6.09. The second kappa shape index (κ2) is 6.92. The number of hydrogen-bond donors (Lipinski definition) is 0. The number of amides is 1. The normalized spacial score (nSPS) is 14.8. The highest BCUT2D eigenvalue weighted by molar-refractivity contribution is 7.92. The number of hydrogen-bond acceptors (Lipinski definition) is 3. The zero-order valence-corrected chi connectivity index (χ0v) is 16.1. The van der Waals surface area contributed by atoms with Gasteiger partial charge in [0.05, 0.1) is 18.0 Å². The van der Waals surface area contributed by atoms with E-state index in [1.54, 1.807) is 32.2 Å². The van der Waals surface area contributed by atoms with Gasteiger partial charge in [-0.3, -0.25) is 9.10 Å². The molecule has 0 saturated carbocycles. The molecule has 144 valence electrons. The minimum Gasteiger partial charge on any atom is -0.335 e. The molecule has 0 spiro atoms. The van der Waals surface area contributed by atoms with Crippen molar-refractivity contribution in [2.45, 2.75) is 19.4 Å². The first-order chi connectivity index (χ1) is 12.6. The molecule has 0 saturated heterocycles. The number of halogens is 2. The first-order valence-corrected chi connectivity index (χ1v) is 10.3. The SMILES string of the molecule is CC(c1ccc(F)c(F)c1)N(C)C(=O)c1ccc2c(c1)CCN2S(C)(=O)=O. The van der Waals surface area contributed by atoms with Crippen molar-refractivity contribution in [3.8, 4) is 0 Å². The summed E-state index contributed by atoms with van der Waals surface area (Å²) in [6.07, 6.45) is 1.68. The maximum atomic E-state index is 13.5. The van der Waals surface area contributed by atoms with E-state index in [0.29, 0.717) is 29.8 Å². The van der Waals surface area contributed by atoms with Crippen LogP contribution in [0.3, 0.4) is 0 Å². The summed E-state index contributed by atoms with van der Waals surface area (Å²) in [5.41, 5.74) is 2.28. The van der Waals surface area contributed by atoms with E-state index in [1.807, 2.05) is 0 Å². The number of carbonyl (C=O) groups excluding carboxylic acids is 1. The molecule has 2 aromatic rings. The van der Waals surface area contributed by atoms with Crippen molar-refractivity contribution in [1.29, 1.82) is 0 Å². The molecular weight excluding hydrogens is 374 g/mol. The molecule has 0 N–H and O–H groups in total. The molecular formula is C19H20F2N2O3S. The highest BCUT2D eigenvalue weighted by Gasteiger charge is 2.28. The van der Waals surface area contributed by atoms with Crippen LogP contribution in [-0.2, 0) is 16.4 Å². The van der Waals surface area contributed by atoms with Crippen molar-refractivity contribution in [1.82, 2.24) is 4.90 Å². The van der Waals surface area contributed by atoms with Crippen LogP contribution in [0, 0.1) is 11.6 Å². The predicted octanol–water partition coefficient (Wildman–Crippen LogP) is 3.12. The Balaban J connectivity index is 1.84. The zero-order chi connectivity index (χ0) is 19.9. The van der Waals surface area contributed by atoms with Crippen LogP contribution in [0.15, 0.2) is 36.4 Å². The molecule has 0 aromatic heterocycles. The highest BCUT2D eigenvalue weighted by atomic mass is 32.2. The van der Waals surface area contributed by atoms with Gasteiger partial charge in [-0.05, 0) is 54.8 Å². The maximum Gasteiger partial charge on any atom is 0.254 e. The fourth-order valence-electron chi connectivity index (χ4n) is 3.22. The van der Waals surface area contributed by atoms with Gasteiger partial charge in [0.1, 0.15) is 0 Å². The van der Waals surface area contributed by atoms with Gasteiger partial charge < -0.3 is 4.90 Å². The van der Waals surface area contributed by atoms with Crippen LogP contribution >= 0.6 is 0 Å². The van der Waals surface area contributed by atoms with E-state index in [9.17, 15) is 22.0 Å². The number of rotatable bonds is 4. The van der Waals surface area contributed by atoms with Crippen molar-refractivity contribution in [3.05, 3.63) is 64.7 Å². The summed E-state index contributed by atoms with van der Waals surface area (Å²) >= 11 is 0. The minimum atomic E-state index is -3.35. The van der Waals surface area contributed by atoms with E-state index in [1.165, 1.54) is 15.3 Å². The summed E-state index contributed by atoms with van der Waals surface area (Å²) in [5.74, 6) is -2.18. The summed E-state index contributed by atoms with van der Waals surface area (Å²) in [6.45, 7) is 2.08. The molecule has 1 aliphatic heterocycles. The Kier molecular flexibility index (Phi) is 4.94. The number of carbonyl (C=O) groups is 1. The van der Waals surface area contributed by atoms with Gasteiger partial charge in [0.15, 0.2) is 11.6 Å². The first kappa shape index (κ1) is 19.3. The summed E-state index contributed by atoms with van der Waals surface area (Å²) in [4.78, 5) is 14.3. The van der Waals surface area contributed by atoms with Gasteiger partial charge in [-0.15, -0.1) is 0 Å². The zero-order valence-electron chi connectivity index (χ0n) is 15.2. The Bertz CT molecular complexity index is 1010. The summed E-state index contributed by atoms with van der Waals surface area (Å²) < 4.78 is 51.6. The van der Waals surface area contributed by atoms with Gasteiger partial charge in [0.25, 0.3) is 5.91 Å². The smallest absolute Gasteiger partial charge is 0.254 e.